The maximum Gasteiger partial charge on any atom is 0.258 e. The van der Waals surface area contributed by atoms with Gasteiger partial charge in [0.25, 0.3) is 5.89 Å². The number of nitrogens with zero attached hydrogens (tertiary/aromatic N) is 4. The van der Waals surface area contributed by atoms with Gasteiger partial charge >= 0.3 is 0 Å². The van der Waals surface area contributed by atoms with Crippen molar-refractivity contribution in [2.45, 2.75) is 6.04 Å². The maximum absolute atomic E-state index is 5.52. The first-order chi connectivity index (χ1) is 10.8. The second-order valence-corrected chi connectivity index (χ2v) is 5.53. The molecular formula is C16H17N5O. The zero-order chi connectivity index (χ0) is 14.9. The van der Waals surface area contributed by atoms with Crippen molar-refractivity contribution in [3.05, 3.63) is 42.4 Å². The van der Waals surface area contributed by atoms with Crippen molar-refractivity contribution in [1.29, 1.82) is 0 Å². The highest BCUT2D eigenvalue weighted by Gasteiger charge is 2.25. The maximum atomic E-state index is 5.52. The number of benzene rings is 1. The molecule has 0 radical (unpaired) electrons. The van der Waals surface area contributed by atoms with Gasteiger partial charge in [-0.05, 0) is 19.2 Å². The van der Waals surface area contributed by atoms with Crippen LogP contribution in [-0.4, -0.2) is 46.7 Å². The van der Waals surface area contributed by atoms with Crippen molar-refractivity contribution in [3.63, 3.8) is 0 Å². The van der Waals surface area contributed by atoms with Crippen molar-refractivity contribution in [1.82, 2.24) is 25.3 Å². The van der Waals surface area contributed by atoms with Crippen molar-refractivity contribution in [3.8, 4) is 11.5 Å². The van der Waals surface area contributed by atoms with Gasteiger partial charge in [-0.25, -0.2) is 0 Å². The highest BCUT2D eigenvalue weighted by atomic mass is 16.5. The number of piperazine rings is 1. The summed E-state index contributed by atoms with van der Waals surface area (Å²) < 4.78 is 5.52. The van der Waals surface area contributed by atoms with Crippen LogP contribution in [0.25, 0.3) is 22.4 Å². The number of aromatic nitrogens is 3. The molecule has 1 unspecified atom stereocenters. The number of para-hydroxylation sites is 1. The van der Waals surface area contributed by atoms with Gasteiger partial charge in [0, 0.05) is 31.2 Å². The van der Waals surface area contributed by atoms with Crippen LogP contribution in [0.4, 0.5) is 0 Å². The average molecular weight is 295 g/mol. The third-order valence-electron chi connectivity index (χ3n) is 4.13. The normalized spacial score (nSPS) is 19.6. The van der Waals surface area contributed by atoms with Crippen molar-refractivity contribution >= 4 is 10.9 Å². The summed E-state index contributed by atoms with van der Waals surface area (Å²) in [6, 6.07) is 10.0. The Morgan fingerprint density at radius 3 is 3.09 bits per heavy atom. The first kappa shape index (κ1) is 13.4. The smallest absolute Gasteiger partial charge is 0.258 e. The number of fused-ring (bicyclic) bond motifs is 1. The quantitative estimate of drug-likeness (QED) is 0.778. The van der Waals surface area contributed by atoms with Crippen molar-refractivity contribution in [2.24, 2.45) is 0 Å². The zero-order valence-corrected chi connectivity index (χ0v) is 12.4. The van der Waals surface area contributed by atoms with E-state index in [1.807, 2.05) is 30.3 Å². The molecule has 2 aromatic heterocycles. The van der Waals surface area contributed by atoms with E-state index in [2.05, 4.69) is 32.4 Å². The Morgan fingerprint density at radius 1 is 1.27 bits per heavy atom. The largest absolute Gasteiger partial charge is 0.334 e. The molecule has 1 saturated heterocycles. The molecule has 4 rings (SSSR count). The lowest BCUT2D eigenvalue weighted by Crippen LogP contribution is -2.44. The van der Waals surface area contributed by atoms with E-state index in [1.165, 1.54) is 0 Å². The van der Waals surface area contributed by atoms with E-state index >= 15 is 0 Å². The summed E-state index contributed by atoms with van der Waals surface area (Å²) >= 11 is 0. The monoisotopic (exact) mass is 295 g/mol. The van der Waals surface area contributed by atoms with Crippen LogP contribution >= 0.6 is 0 Å². The summed E-state index contributed by atoms with van der Waals surface area (Å²) in [6.07, 6.45) is 1.77. The minimum absolute atomic E-state index is 0.152. The van der Waals surface area contributed by atoms with E-state index in [0.717, 1.165) is 41.9 Å². The fraction of sp³-hybridized carbons (Fsp3) is 0.312. The molecule has 1 N–H and O–H groups in total. The standard InChI is InChI=1S/C16H17N5O/c1-21-9-8-17-10-14(21)15-19-16(22-20-15)12-6-7-18-13-5-3-2-4-11(12)13/h2-7,14,17H,8-10H2,1H3. The van der Waals surface area contributed by atoms with Gasteiger partial charge in [0.15, 0.2) is 5.82 Å². The molecule has 0 saturated carbocycles. The zero-order valence-electron chi connectivity index (χ0n) is 12.4. The molecule has 3 heterocycles. The molecule has 0 bridgehead atoms. The second kappa shape index (κ2) is 5.47. The summed E-state index contributed by atoms with van der Waals surface area (Å²) in [6.45, 7) is 2.81. The molecule has 22 heavy (non-hydrogen) atoms. The number of likely N-dealkylation sites (N-methyl/N-ethyl adjacent to an activating group) is 1. The molecule has 0 spiro atoms. The molecule has 6 heteroatoms. The predicted octanol–water partition coefficient (Wildman–Crippen LogP) is 1.86. The topological polar surface area (TPSA) is 67.1 Å². The van der Waals surface area contributed by atoms with E-state index < -0.39 is 0 Å². The minimum atomic E-state index is 0.152. The molecule has 3 aromatic rings. The van der Waals surface area contributed by atoms with Crippen LogP contribution in [0.5, 0.6) is 0 Å². The summed E-state index contributed by atoms with van der Waals surface area (Å²) in [5.74, 6) is 1.28. The van der Waals surface area contributed by atoms with E-state index in [4.69, 9.17) is 4.52 Å². The first-order valence-electron chi connectivity index (χ1n) is 7.41. The van der Waals surface area contributed by atoms with Crippen molar-refractivity contribution < 1.29 is 4.52 Å². The van der Waals surface area contributed by atoms with Gasteiger partial charge in [0.1, 0.15) is 0 Å². The fourth-order valence-corrected chi connectivity index (χ4v) is 2.86. The number of rotatable bonds is 2. The van der Waals surface area contributed by atoms with Gasteiger partial charge in [-0.1, -0.05) is 23.4 Å². The number of hydrogen-bond donors (Lipinski definition) is 1. The number of nitrogens with one attached hydrogen (secondary N) is 1. The third-order valence-corrected chi connectivity index (χ3v) is 4.13. The predicted molar refractivity (Wildman–Crippen MR) is 83.3 cm³/mol. The Bertz CT molecular complexity index is 795. The Labute approximate surface area is 128 Å². The van der Waals surface area contributed by atoms with Crippen LogP contribution in [0.1, 0.15) is 11.9 Å². The van der Waals surface area contributed by atoms with Crippen molar-refractivity contribution in [2.75, 3.05) is 26.7 Å². The molecule has 1 fully saturated rings. The van der Waals surface area contributed by atoms with Gasteiger partial charge < -0.3 is 9.84 Å². The molecule has 1 aliphatic rings. The van der Waals surface area contributed by atoms with Crippen LogP contribution in [0.15, 0.2) is 41.1 Å². The van der Waals surface area contributed by atoms with Gasteiger partial charge in [-0.3, -0.25) is 9.88 Å². The Balaban J connectivity index is 1.74. The Kier molecular flexibility index (Phi) is 3.32. The molecular weight excluding hydrogens is 278 g/mol. The van der Waals surface area contributed by atoms with Gasteiger partial charge in [-0.2, -0.15) is 4.98 Å². The fourth-order valence-electron chi connectivity index (χ4n) is 2.86. The lowest BCUT2D eigenvalue weighted by Gasteiger charge is -2.30. The highest BCUT2D eigenvalue weighted by Crippen LogP contribution is 2.27. The van der Waals surface area contributed by atoms with E-state index in [1.54, 1.807) is 6.20 Å². The summed E-state index contributed by atoms with van der Waals surface area (Å²) in [7, 11) is 2.09. The molecule has 1 aliphatic heterocycles. The molecule has 112 valence electrons. The lowest BCUT2D eigenvalue weighted by molar-refractivity contribution is 0.190. The first-order valence-corrected chi connectivity index (χ1v) is 7.41. The average Bonchev–Trinajstić information content (AvgIpc) is 3.04. The number of hydrogen-bond acceptors (Lipinski definition) is 6. The van der Waals surface area contributed by atoms with E-state index in [0.29, 0.717) is 5.89 Å². The third kappa shape index (κ3) is 2.26. The van der Waals surface area contributed by atoms with Crippen LogP contribution in [0.3, 0.4) is 0 Å². The van der Waals surface area contributed by atoms with E-state index in [9.17, 15) is 0 Å². The molecule has 6 nitrogen and oxygen atoms in total. The van der Waals surface area contributed by atoms with Crippen LogP contribution in [0, 0.1) is 0 Å². The van der Waals surface area contributed by atoms with Crippen LogP contribution < -0.4 is 5.32 Å². The lowest BCUT2D eigenvalue weighted by atomic mass is 10.1. The molecule has 1 atom stereocenters. The Morgan fingerprint density at radius 2 is 2.18 bits per heavy atom. The van der Waals surface area contributed by atoms with E-state index in [-0.39, 0.29) is 6.04 Å². The Hall–Kier alpha value is -2.31. The van der Waals surface area contributed by atoms with Gasteiger partial charge in [0.05, 0.1) is 17.1 Å². The summed E-state index contributed by atoms with van der Waals surface area (Å²) in [4.78, 5) is 11.2. The summed E-state index contributed by atoms with van der Waals surface area (Å²) in [5.41, 5.74) is 1.85. The molecule has 0 amide bonds. The van der Waals surface area contributed by atoms with Gasteiger partial charge in [0.2, 0.25) is 0 Å². The number of pyridine rings is 1. The second-order valence-electron chi connectivity index (χ2n) is 5.53. The summed E-state index contributed by atoms with van der Waals surface area (Å²) in [5, 5.41) is 8.58. The SMILES string of the molecule is CN1CCNCC1c1noc(-c2ccnc3ccccc23)n1. The van der Waals surface area contributed by atoms with Gasteiger partial charge in [-0.15, -0.1) is 0 Å². The van der Waals surface area contributed by atoms with Crippen LogP contribution in [-0.2, 0) is 0 Å². The minimum Gasteiger partial charge on any atom is -0.334 e. The molecule has 1 aromatic carbocycles. The highest BCUT2D eigenvalue weighted by molar-refractivity contribution is 5.91. The molecule has 0 aliphatic carbocycles. The van der Waals surface area contributed by atoms with Crippen LogP contribution in [0.2, 0.25) is 0 Å².